The van der Waals surface area contributed by atoms with Crippen molar-refractivity contribution in [2.45, 2.75) is 37.7 Å². The number of carbonyl (C=O) groups is 2. The maximum absolute atomic E-state index is 12.0. The van der Waals surface area contributed by atoms with E-state index in [1.165, 1.54) is 24.3 Å². The van der Waals surface area contributed by atoms with Crippen LogP contribution in [-0.2, 0) is 28.6 Å². The Hall–Kier alpha value is -1.97. The zero-order chi connectivity index (χ0) is 19.1. The van der Waals surface area contributed by atoms with Gasteiger partial charge < -0.3 is 15.2 Å². The molecule has 8 nitrogen and oxygen atoms in total. The normalized spacial score (nSPS) is 11.8. The first kappa shape index (κ1) is 21.1. The minimum Gasteiger partial charge on any atom is -0.462 e. The Morgan fingerprint density at radius 1 is 1.12 bits per heavy atom. The van der Waals surface area contributed by atoms with Crippen molar-refractivity contribution in [3.8, 4) is 0 Å². The summed E-state index contributed by atoms with van der Waals surface area (Å²) in [6.45, 7) is 4.83. The van der Waals surface area contributed by atoms with Gasteiger partial charge in [-0.25, -0.2) is 9.59 Å². The van der Waals surface area contributed by atoms with Crippen LogP contribution in [-0.4, -0.2) is 45.7 Å². The van der Waals surface area contributed by atoms with E-state index in [-0.39, 0.29) is 17.1 Å². The van der Waals surface area contributed by atoms with E-state index in [4.69, 9.17) is 15.2 Å². The average Bonchev–Trinajstić information content (AvgIpc) is 2.52. The zero-order valence-electron chi connectivity index (χ0n) is 14.5. The van der Waals surface area contributed by atoms with E-state index in [1.54, 1.807) is 20.8 Å². The lowest BCUT2D eigenvalue weighted by Gasteiger charge is -2.19. The van der Waals surface area contributed by atoms with Crippen LogP contribution >= 0.6 is 0 Å². The molecular weight excluding hydrogens is 350 g/mol. The second-order valence-corrected chi connectivity index (χ2v) is 7.72. The third kappa shape index (κ3) is 7.63. The third-order valence-corrected chi connectivity index (χ3v) is 3.99. The minimum absolute atomic E-state index is 0.186. The maximum Gasteiger partial charge on any atom is 0.338 e. The molecule has 2 N–H and O–H groups in total. The van der Waals surface area contributed by atoms with Gasteiger partial charge in [0.25, 0.3) is 10.1 Å². The Kier molecular flexibility index (Phi) is 7.53. The first-order valence-corrected chi connectivity index (χ1v) is 9.04. The molecule has 0 aliphatic heterocycles. The largest absolute Gasteiger partial charge is 0.462 e. The quantitative estimate of drug-likeness (QED) is 0.410. The number of carbonyl (C=O) groups excluding carboxylic acids is 2. The maximum atomic E-state index is 12.0. The van der Waals surface area contributed by atoms with Gasteiger partial charge in [-0.2, -0.15) is 8.42 Å². The second kappa shape index (κ2) is 8.93. The van der Waals surface area contributed by atoms with Crippen molar-refractivity contribution in [2.24, 2.45) is 5.73 Å². The van der Waals surface area contributed by atoms with Crippen LogP contribution in [0.3, 0.4) is 0 Å². The molecule has 1 aromatic carbocycles. The molecule has 0 spiro atoms. The van der Waals surface area contributed by atoms with Gasteiger partial charge in [0.15, 0.2) is 6.61 Å². The average molecular weight is 373 g/mol. The Morgan fingerprint density at radius 3 is 2.24 bits per heavy atom. The summed E-state index contributed by atoms with van der Waals surface area (Å²) < 4.78 is 38.7. The van der Waals surface area contributed by atoms with Gasteiger partial charge in [-0.1, -0.05) is 0 Å². The smallest absolute Gasteiger partial charge is 0.338 e. The van der Waals surface area contributed by atoms with E-state index in [0.29, 0.717) is 13.0 Å². The summed E-state index contributed by atoms with van der Waals surface area (Å²) in [4.78, 5) is 23.1. The van der Waals surface area contributed by atoms with Gasteiger partial charge in [-0.3, -0.25) is 4.18 Å². The topological polar surface area (TPSA) is 122 Å². The van der Waals surface area contributed by atoms with Gasteiger partial charge in [0.1, 0.15) is 5.60 Å². The lowest BCUT2D eigenvalue weighted by Crippen LogP contribution is -2.27. The van der Waals surface area contributed by atoms with E-state index >= 15 is 0 Å². The molecule has 1 rings (SSSR count). The van der Waals surface area contributed by atoms with Crippen molar-refractivity contribution < 1.29 is 31.7 Å². The summed E-state index contributed by atoms with van der Waals surface area (Å²) in [5.74, 6) is -1.37. The second-order valence-electron chi connectivity index (χ2n) is 6.11. The molecule has 0 saturated heterocycles. The number of nitrogens with two attached hydrogens (primary N) is 1. The summed E-state index contributed by atoms with van der Waals surface area (Å²) in [6.07, 6.45) is 0.538. The van der Waals surface area contributed by atoms with Gasteiger partial charge >= 0.3 is 11.9 Å². The lowest BCUT2D eigenvalue weighted by atomic mass is 10.2. The molecule has 0 aliphatic rings. The SMILES string of the molecule is CC(C)(C)OC(=O)COS(=O)(=O)c1ccc(C(=O)OCCCN)cc1. The van der Waals surface area contributed by atoms with Crippen LogP contribution in [0, 0.1) is 0 Å². The molecule has 0 saturated carbocycles. The van der Waals surface area contributed by atoms with E-state index in [1.807, 2.05) is 0 Å². The molecule has 0 unspecified atom stereocenters. The molecule has 9 heteroatoms. The van der Waals surface area contributed by atoms with Crippen LogP contribution in [0.4, 0.5) is 0 Å². The van der Waals surface area contributed by atoms with Gasteiger partial charge in [-0.15, -0.1) is 0 Å². The lowest BCUT2D eigenvalue weighted by molar-refractivity contribution is -0.157. The molecule has 0 heterocycles. The van der Waals surface area contributed by atoms with E-state index in [9.17, 15) is 18.0 Å². The highest BCUT2D eigenvalue weighted by molar-refractivity contribution is 7.86. The fourth-order valence-electron chi connectivity index (χ4n) is 1.65. The van der Waals surface area contributed by atoms with Crippen LogP contribution in [0.2, 0.25) is 0 Å². The molecule has 1 aromatic rings. The van der Waals surface area contributed by atoms with E-state index < -0.39 is 34.3 Å². The van der Waals surface area contributed by atoms with Crippen molar-refractivity contribution in [1.82, 2.24) is 0 Å². The Labute approximate surface area is 147 Å². The van der Waals surface area contributed by atoms with Gasteiger partial charge in [0.05, 0.1) is 17.1 Å². The van der Waals surface area contributed by atoms with Gasteiger partial charge in [-0.05, 0) is 58.0 Å². The zero-order valence-corrected chi connectivity index (χ0v) is 15.3. The summed E-state index contributed by atoms with van der Waals surface area (Å²) in [5, 5.41) is 0. The summed E-state index contributed by atoms with van der Waals surface area (Å²) in [7, 11) is -4.14. The molecular formula is C16H23NO7S. The number of hydrogen-bond acceptors (Lipinski definition) is 8. The van der Waals surface area contributed by atoms with Crippen molar-refractivity contribution in [2.75, 3.05) is 19.8 Å². The van der Waals surface area contributed by atoms with Crippen molar-refractivity contribution in [3.63, 3.8) is 0 Å². The Morgan fingerprint density at radius 2 is 1.72 bits per heavy atom. The third-order valence-electron chi connectivity index (χ3n) is 2.71. The molecule has 25 heavy (non-hydrogen) atoms. The number of ether oxygens (including phenoxy) is 2. The van der Waals surface area contributed by atoms with E-state index in [2.05, 4.69) is 4.18 Å². The monoisotopic (exact) mass is 373 g/mol. The first-order valence-electron chi connectivity index (χ1n) is 7.64. The van der Waals surface area contributed by atoms with E-state index in [0.717, 1.165) is 0 Å². The fourth-order valence-corrected chi connectivity index (χ4v) is 2.51. The van der Waals surface area contributed by atoms with Crippen LogP contribution in [0.1, 0.15) is 37.6 Å². The summed E-state index contributed by atoms with van der Waals surface area (Å²) in [5.41, 5.74) is 4.76. The van der Waals surface area contributed by atoms with Gasteiger partial charge in [0, 0.05) is 0 Å². The number of rotatable bonds is 8. The molecule has 0 radical (unpaired) electrons. The Bertz CT molecular complexity index is 690. The van der Waals surface area contributed by atoms with Crippen LogP contribution in [0.5, 0.6) is 0 Å². The highest BCUT2D eigenvalue weighted by Gasteiger charge is 2.21. The molecule has 0 aliphatic carbocycles. The summed E-state index contributed by atoms with van der Waals surface area (Å²) in [6, 6.07) is 5.00. The minimum atomic E-state index is -4.14. The van der Waals surface area contributed by atoms with Crippen LogP contribution < -0.4 is 5.73 Å². The predicted molar refractivity (Wildman–Crippen MR) is 89.4 cm³/mol. The fraction of sp³-hybridized carbons (Fsp3) is 0.500. The van der Waals surface area contributed by atoms with Crippen molar-refractivity contribution >= 4 is 22.1 Å². The predicted octanol–water partition coefficient (Wildman–Crippen LogP) is 1.24. The first-order chi connectivity index (χ1) is 11.5. The summed E-state index contributed by atoms with van der Waals surface area (Å²) >= 11 is 0. The highest BCUT2D eigenvalue weighted by Crippen LogP contribution is 2.15. The van der Waals surface area contributed by atoms with Gasteiger partial charge in [0.2, 0.25) is 0 Å². The molecule has 140 valence electrons. The Balaban J connectivity index is 2.67. The van der Waals surface area contributed by atoms with Crippen LogP contribution in [0.25, 0.3) is 0 Å². The molecule has 0 bridgehead atoms. The molecule has 0 fully saturated rings. The number of benzene rings is 1. The standard InChI is InChI=1S/C16H23NO7S/c1-16(2,3)24-14(18)11-23-25(20,21)13-7-5-12(6-8-13)15(19)22-10-4-9-17/h5-8H,4,9-11,17H2,1-3H3. The molecule has 0 amide bonds. The number of esters is 2. The molecule has 0 atom stereocenters. The van der Waals surface area contributed by atoms with Crippen molar-refractivity contribution in [3.05, 3.63) is 29.8 Å². The van der Waals surface area contributed by atoms with Crippen LogP contribution in [0.15, 0.2) is 29.2 Å². The molecule has 0 aromatic heterocycles. The highest BCUT2D eigenvalue weighted by atomic mass is 32.2. The number of hydrogen-bond donors (Lipinski definition) is 1. The van der Waals surface area contributed by atoms with Crippen molar-refractivity contribution in [1.29, 1.82) is 0 Å².